The highest BCUT2D eigenvalue weighted by Crippen LogP contribution is 2.48. The number of carbonyl (C=O) groups is 3. The molecule has 0 spiro atoms. The molecule has 2 aliphatic heterocycles. The van der Waals surface area contributed by atoms with Crippen LogP contribution in [-0.4, -0.2) is 36.1 Å². The van der Waals surface area contributed by atoms with Crippen molar-refractivity contribution in [2.24, 2.45) is 5.92 Å². The number of methoxy groups -OCH3 is 1. The fraction of sp³-hybridized carbons (Fsp3) is 0.160. The summed E-state index contributed by atoms with van der Waals surface area (Å²) in [5, 5.41) is 11.3. The Morgan fingerprint density at radius 3 is 2.21 bits per heavy atom. The molecule has 3 aromatic rings. The first-order valence-corrected chi connectivity index (χ1v) is 10.4. The zero-order valence-corrected chi connectivity index (χ0v) is 17.6. The van der Waals surface area contributed by atoms with E-state index in [1.54, 1.807) is 66.7 Å². The van der Waals surface area contributed by atoms with Crippen LogP contribution in [0.1, 0.15) is 22.0 Å². The monoisotopic (exact) mass is 444 g/mol. The topological polar surface area (TPSA) is 96.4 Å². The normalized spacial score (nSPS) is 21.9. The summed E-state index contributed by atoms with van der Waals surface area (Å²) in [6, 6.07) is 21.3. The van der Waals surface area contributed by atoms with E-state index in [1.807, 2.05) is 6.07 Å². The number of hydroxylamine groups is 1. The molecule has 33 heavy (non-hydrogen) atoms. The van der Waals surface area contributed by atoms with Crippen molar-refractivity contribution in [1.29, 1.82) is 0 Å². The predicted molar refractivity (Wildman–Crippen MR) is 119 cm³/mol. The van der Waals surface area contributed by atoms with Crippen molar-refractivity contribution in [3.05, 3.63) is 90.0 Å². The number of aromatic carboxylic acids is 1. The Hall–Kier alpha value is -4.17. The Kier molecular flexibility index (Phi) is 5.07. The van der Waals surface area contributed by atoms with Crippen molar-refractivity contribution in [2.75, 3.05) is 17.1 Å². The number of para-hydroxylation sites is 1. The Labute approximate surface area is 189 Å². The molecular weight excluding hydrogens is 424 g/mol. The summed E-state index contributed by atoms with van der Waals surface area (Å²) >= 11 is 0. The number of carboxylic acid groups (broad SMARTS) is 1. The molecule has 0 aromatic heterocycles. The predicted octanol–water partition coefficient (Wildman–Crippen LogP) is 3.44. The van der Waals surface area contributed by atoms with E-state index in [0.29, 0.717) is 22.7 Å². The van der Waals surface area contributed by atoms with Crippen molar-refractivity contribution < 1.29 is 29.1 Å². The van der Waals surface area contributed by atoms with Crippen LogP contribution in [0.4, 0.5) is 11.4 Å². The highest BCUT2D eigenvalue weighted by molar-refractivity contribution is 6.24. The number of hydrogen-bond acceptors (Lipinski definition) is 6. The summed E-state index contributed by atoms with van der Waals surface area (Å²) in [6.07, 6.45) is -1.08. The lowest BCUT2D eigenvalue weighted by atomic mass is 9.88. The maximum Gasteiger partial charge on any atom is 0.336 e. The number of anilines is 2. The molecule has 166 valence electrons. The average Bonchev–Trinajstić information content (AvgIpc) is 3.35. The number of rotatable bonds is 5. The molecule has 8 nitrogen and oxygen atoms in total. The highest BCUT2D eigenvalue weighted by atomic mass is 16.7. The van der Waals surface area contributed by atoms with Gasteiger partial charge in [-0.3, -0.25) is 14.4 Å². The SMILES string of the molecule is COc1ccc(N2C(=O)[C@H]3[C@@H](c4ccccc4C(=O)O)N(c4ccccc4)O[C@H]3C2=O)cc1. The molecule has 1 N–H and O–H groups in total. The third kappa shape index (κ3) is 3.32. The molecule has 0 unspecified atom stereocenters. The van der Waals surface area contributed by atoms with E-state index in [-0.39, 0.29) is 5.56 Å². The molecule has 2 aliphatic rings. The summed E-state index contributed by atoms with van der Waals surface area (Å²) in [7, 11) is 1.53. The van der Waals surface area contributed by atoms with Gasteiger partial charge in [-0.15, -0.1) is 0 Å². The van der Waals surface area contributed by atoms with Crippen molar-refractivity contribution in [2.45, 2.75) is 12.1 Å². The van der Waals surface area contributed by atoms with Gasteiger partial charge in [0.2, 0.25) is 5.91 Å². The van der Waals surface area contributed by atoms with Gasteiger partial charge in [-0.05, 0) is 48.0 Å². The first-order chi connectivity index (χ1) is 16.0. The molecular formula is C25H20N2O6. The van der Waals surface area contributed by atoms with Crippen molar-refractivity contribution in [3.63, 3.8) is 0 Å². The minimum Gasteiger partial charge on any atom is -0.497 e. The van der Waals surface area contributed by atoms with E-state index >= 15 is 0 Å². The van der Waals surface area contributed by atoms with Gasteiger partial charge in [-0.25, -0.2) is 14.8 Å². The second kappa shape index (κ2) is 8.07. The number of nitrogens with zero attached hydrogens (tertiary/aromatic N) is 2. The molecule has 2 saturated heterocycles. The summed E-state index contributed by atoms with van der Waals surface area (Å²) in [5.41, 5.74) is 1.48. The first-order valence-electron chi connectivity index (χ1n) is 10.4. The Balaban J connectivity index is 1.61. The van der Waals surface area contributed by atoms with E-state index in [9.17, 15) is 19.5 Å². The molecule has 2 heterocycles. The molecule has 0 aliphatic carbocycles. The fourth-order valence-corrected chi connectivity index (χ4v) is 4.46. The van der Waals surface area contributed by atoms with Gasteiger partial charge in [0.1, 0.15) is 11.7 Å². The van der Waals surface area contributed by atoms with Crippen LogP contribution in [0.3, 0.4) is 0 Å². The third-order valence-electron chi connectivity index (χ3n) is 5.97. The lowest BCUT2D eigenvalue weighted by Gasteiger charge is -2.29. The number of imide groups is 1. The number of benzene rings is 3. The molecule has 0 saturated carbocycles. The molecule has 3 atom stereocenters. The highest BCUT2D eigenvalue weighted by Gasteiger charge is 2.60. The standard InChI is InChI=1S/C25H20N2O6/c1-32-17-13-11-15(12-14-17)26-23(28)20-21(18-9-5-6-10-19(18)25(30)31)27(33-22(20)24(26)29)16-7-3-2-4-8-16/h2-14,20-22H,1H3,(H,30,31)/t20-,21+,22+/m0/s1. The van der Waals surface area contributed by atoms with Crippen LogP contribution >= 0.6 is 0 Å². The number of carboxylic acids is 1. The Bertz CT molecular complexity index is 1230. The van der Waals surface area contributed by atoms with Gasteiger partial charge in [-0.2, -0.15) is 0 Å². The summed E-state index contributed by atoms with van der Waals surface area (Å²) in [6.45, 7) is 0. The van der Waals surface area contributed by atoms with E-state index < -0.39 is 35.8 Å². The number of hydrogen-bond donors (Lipinski definition) is 1. The fourth-order valence-electron chi connectivity index (χ4n) is 4.46. The minimum atomic E-state index is -1.12. The smallest absolute Gasteiger partial charge is 0.336 e. The van der Waals surface area contributed by atoms with E-state index in [0.717, 1.165) is 4.90 Å². The molecule has 5 rings (SSSR count). The molecule has 0 bridgehead atoms. The largest absolute Gasteiger partial charge is 0.497 e. The van der Waals surface area contributed by atoms with Gasteiger partial charge in [0.15, 0.2) is 6.10 Å². The van der Waals surface area contributed by atoms with Crippen molar-refractivity contribution in [1.82, 2.24) is 0 Å². The number of carbonyl (C=O) groups excluding carboxylic acids is 2. The lowest BCUT2D eigenvalue weighted by Crippen LogP contribution is -2.37. The van der Waals surface area contributed by atoms with Crippen LogP contribution in [0.25, 0.3) is 0 Å². The Morgan fingerprint density at radius 2 is 1.55 bits per heavy atom. The molecule has 0 radical (unpaired) electrons. The second-order valence-corrected chi connectivity index (χ2v) is 7.76. The maximum atomic E-state index is 13.6. The zero-order chi connectivity index (χ0) is 23.1. The van der Waals surface area contributed by atoms with Gasteiger partial charge in [0, 0.05) is 0 Å². The molecule has 2 amide bonds. The van der Waals surface area contributed by atoms with Crippen LogP contribution in [0, 0.1) is 5.92 Å². The van der Waals surface area contributed by atoms with Crippen LogP contribution < -0.4 is 14.7 Å². The quantitative estimate of drug-likeness (QED) is 0.602. The molecule has 2 fully saturated rings. The van der Waals surface area contributed by atoms with Crippen molar-refractivity contribution >= 4 is 29.2 Å². The van der Waals surface area contributed by atoms with Gasteiger partial charge in [0.05, 0.1) is 30.1 Å². The van der Waals surface area contributed by atoms with E-state index in [1.165, 1.54) is 18.2 Å². The summed E-state index contributed by atoms with van der Waals surface area (Å²) in [4.78, 5) is 46.1. The average molecular weight is 444 g/mol. The van der Waals surface area contributed by atoms with Gasteiger partial charge >= 0.3 is 5.97 Å². The minimum absolute atomic E-state index is 0.0517. The molecule has 8 heteroatoms. The van der Waals surface area contributed by atoms with Gasteiger partial charge < -0.3 is 9.84 Å². The maximum absolute atomic E-state index is 13.6. The Morgan fingerprint density at radius 1 is 0.879 bits per heavy atom. The number of fused-ring (bicyclic) bond motifs is 1. The molecule has 3 aromatic carbocycles. The van der Waals surface area contributed by atoms with Gasteiger partial charge in [-0.1, -0.05) is 36.4 Å². The third-order valence-corrected chi connectivity index (χ3v) is 5.97. The van der Waals surface area contributed by atoms with E-state index in [2.05, 4.69) is 0 Å². The van der Waals surface area contributed by atoms with Crippen LogP contribution in [-0.2, 0) is 14.4 Å². The van der Waals surface area contributed by atoms with Crippen molar-refractivity contribution in [3.8, 4) is 5.75 Å². The number of amides is 2. The lowest BCUT2D eigenvalue weighted by molar-refractivity contribution is -0.126. The van der Waals surface area contributed by atoms with Gasteiger partial charge in [0.25, 0.3) is 5.91 Å². The summed E-state index contributed by atoms with van der Waals surface area (Å²) in [5.74, 6) is -2.38. The van der Waals surface area contributed by atoms with Crippen LogP contribution in [0.5, 0.6) is 5.75 Å². The van der Waals surface area contributed by atoms with E-state index in [4.69, 9.17) is 9.57 Å². The number of ether oxygens (including phenoxy) is 1. The summed E-state index contributed by atoms with van der Waals surface area (Å²) < 4.78 is 5.16. The van der Waals surface area contributed by atoms with Crippen LogP contribution in [0.2, 0.25) is 0 Å². The first kappa shape index (κ1) is 20.7. The second-order valence-electron chi connectivity index (χ2n) is 7.76. The zero-order valence-electron chi connectivity index (χ0n) is 17.6. The van der Waals surface area contributed by atoms with Crippen LogP contribution in [0.15, 0.2) is 78.9 Å².